The van der Waals surface area contributed by atoms with Gasteiger partial charge in [-0.25, -0.2) is 4.79 Å². The van der Waals surface area contributed by atoms with Crippen LogP contribution >= 0.6 is 0 Å². The zero-order valence-electron chi connectivity index (χ0n) is 14.9. The zero-order valence-corrected chi connectivity index (χ0v) is 14.9. The minimum atomic E-state index is -0.535. The van der Waals surface area contributed by atoms with E-state index in [4.69, 9.17) is 14.2 Å². The summed E-state index contributed by atoms with van der Waals surface area (Å²) in [6, 6.07) is 0.587. The number of esters is 1. The molecule has 2 bridgehead atoms. The molecule has 5 nitrogen and oxygen atoms in total. The van der Waals surface area contributed by atoms with E-state index in [0.29, 0.717) is 19.3 Å². The SMILES string of the molecule is CCOC(C#CC1=CC2CC3(OC(=O)C=C13)C1CCCCN21)OCC. The first-order valence-corrected chi connectivity index (χ1v) is 9.35. The number of nitrogens with zero attached hydrogens (tertiary/aromatic N) is 1. The highest BCUT2D eigenvalue weighted by Crippen LogP contribution is 2.53. The molecule has 0 aromatic carbocycles. The lowest BCUT2D eigenvalue weighted by Gasteiger charge is -2.38. The van der Waals surface area contributed by atoms with E-state index in [9.17, 15) is 4.79 Å². The smallest absolute Gasteiger partial charge is 0.332 e. The predicted octanol–water partition coefficient (Wildman–Crippen LogP) is 2.18. The summed E-state index contributed by atoms with van der Waals surface area (Å²) in [7, 11) is 0. The minimum absolute atomic E-state index is 0.234. The Labute approximate surface area is 149 Å². The van der Waals surface area contributed by atoms with Gasteiger partial charge in [-0.15, -0.1) is 0 Å². The van der Waals surface area contributed by atoms with Crippen molar-refractivity contribution < 1.29 is 19.0 Å². The lowest BCUT2D eigenvalue weighted by molar-refractivity contribution is -0.148. The van der Waals surface area contributed by atoms with Gasteiger partial charge in [0.15, 0.2) is 5.60 Å². The summed E-state index contributed by atoms with van der Waals surface area (Å²) >= 11 is 0. The number of fused-ring (bicyclic) bond motifs is 3. The van der Waals surface area contributed by atoms with Crippen LogP contribution in [0.2, 0.25) is 0 Å². The molecule has 4 rings (SSSR count). The van der Waals surface area contributed by atoms with E-state index < -0.39 is 11.9 Å². The van der Waals surface area contributed by atoms with Crippen LogP contribution < -0.4 is 0 Å². The molecule has 1 aliphatic carbocycles. The summed E-state index contributed by atoms with van der Waals surface area (Å²) < 4.78 is 16.9. The zero-order chi connectivity index (χ0) is 17.4. The van der Waals surface area contributed by atoms with Gasteiger partial charge in [0, 0.05) is 42.9 Å². The van der Waals surface area contributed by atoms with E-state index >= 15 is 0 Å². The number of hydrogen-bond donors (Lipinski definition) is 0. The molecule has 25 heavy (non-hydrogen) atoms. The molecule has 4 aliphatic rings. The molecule has 3 aliphatic heterocycles. The lowest BCUT2D eigenvalue weighted by atomic mass is 9.77. The van der Waals surface area contributed by atoms with Crippen molar-refractivity contribution in [3.63, 3.8) is 0 Å². The summed E-state index contributed by atoms with van der Waals surface area (Å²) in [5.41, 5.74) is 1.37. The fourth-order valence-corrected chi connectivity index (χ4v) is 4.74. The highest BCUT2D eigenvalue weighted by atomic mass is 16.7. The number of carbonyl (C=O) groups is 1. The fraction of sp³-hybridized carbons (Fsp3) is 0.650. The molecule has 0 aromatic heterocycles. The molecule has 0 radical (unpaired) electrons. The van der Waals surface area contributed by atoms with E-state index in [-0.39, 0.29) is 12.0 Å². The molecule has 2 saturated heterocycles. The second-order valence-corrected chi connectivity index (χ2v) is 6.98. The van der Waals surface area contributed by atoms with Crippen LogP contribution in [0.3, 0.4) is 0 Å². The second-order valence-electron chi connectivity index (χ2n) is 6.98. The van der Waals surface area contributed by atoms with Gasteiger partial charge in [-0.05, 0) is 39.2 Å². The Morgan fingerprint density at radius 2 is 2.16 bits per heavy atom. The standard InChI is InChI=1S/C20H25NO4/c1-3-23-19(24-4-2)9-8-14-11-15-13-20(16(14)12-18(22)25-20)17-7-5-6-10-21(15)17/h11-12,15,17,19H,3-7,10,13H2,1-2H3. The Hall–Kier alpha value is -1.61. The number of ether oxygens (including phenoxy) is 3. The third kappa shape index (κ3) is 2.73. The number of rotatable bonds is 4. The maximum atomic E-state index is 12.1. The van der Waals surface area contributed by atoms with Gasteiger partial charge in [0.25, 0.3) is 0 Å². The van der Waals surface area contributed by atoms with Crippen molar-refractivity contribution in [2.75, 3.05) is 19.8 Å². The van der Waals surface area contributed by atoms with Crippen LogP contribution in [0.4, 0.5) is 0 Å². The van der Waals surface area contributed by atoms with Gasteiger partial charge in [-0.1, -0.05) is 18.4 Å². The Morgan fingerprint density at radius 3 is 2.92 bits per heavy atom. The molecular weight excluding hydrogens is 318 g/mol. The molecule has 1 spiro atoms. The first-order valence-electron chi connectivity index (χ1n) is 9.35. The molecule has 2 fully saturated rings. The van der Waals surface area contributed by atoms with Crippen LogP contribution in [0.25, 0.3) is 0 Å². The average Bonchev–Trinajstić information content (AvgIpc) is 3.09. The van der Waals surface area contributed by atoms with Crippen molar-refractivity contribution in [3.8, 4) is 11.8 Å². The quantitative estimate of drug-likeness (QED) is 0.445. The summed E-state index contributed by atoms with van der Waals surface area (Å²) in [4.78, 5) is 14.6. The van der Waals surface area contributed by atoms with Gasteiger partial charge in [-0.3, -0.25) is 4.90 Å². The number of carbonyl (C=O) groups excluding carboxylic acids is 1. The van der Waals surface area contributed by atoms with Crippen molar-refractivity contribution >= 4 is 5.97 Å². The third-order valence-corrected chi connectivity index (χ3v) is 5.63. The van der Waals surface area contributed by atoms with Crippen LogP contribution in [-0.4, -0.2) is 54.6 Å². The second kappa shape index (κ2) is 6.60. The summed E-state index contributed by atoms with van der Waals surface area (Å²) in [5, 5.41) is 0. The maximum absolute atomic E-state index is 12.1. The number of piperidine rings is 1. The van der Waals surface area contributed by atoms with Crippen LogP contribution in [0.15, 0.2) is 23.3 Å². The average molecular weight is 343 g/mol. The maximum Gasteiger partial charge on any atom is 0.332 e. The Balaban J connectivity index is 1.67. The molecule has 3 atom stereocenters. The van der Waals surface area contributed by atoms with Crippen LogP contribution in [0.5, 0.6) is 0 Å². The van der Waals surface area contributed by atoms with Crippen molar-refractivity contribution in [2.24, 2.45) is 0 Å². The van der Waals surface area contributed by atoms with Crippen LogP contribution in [0.1, 0.15) is 39.5 Å². The first kappa shape index (κ1) is 16.8. The van der Waals surface area contributed by atoms with Gasteiger partial charge in [0.05, 0.1) is 6.04 Å². The number of hydrogen-bond acceptors (Lipinski definition) is 5. The molecule has 3 unspecified atom stereocenters. The molecule has 0 amide bonds. The van der Waals surface area contributed by atoms with Gasteiger partial charge < -0.3 is 14.2 Å². The van der Waals surface area contributed by atoms with E-state index in [1.165, 1.54) is 12.8 Å². The summed E-state index contributed by atoms with van der Waals surface area (Å²) in [5.74, 6) is 6.06. The highest BCUT2D eigenvalue weighted by Gasteiger charge is 2.61. The minimum Gasteiger partial charge on any atom is -0.449 e. The normalized spacial score (nSPS) is 33.2. The van der Waals surface area contributed by atoms with Crippen molar-refractivity contribution in [1.29, 1.82) is 0 Å². The van der Waals surface area contributed by atoms with Crippen LogP contribution in [0, 0.1) is 11.8 Å². The van der Waals surface area contributed by atoms with E-state index in [0.717, 1.165) is 30.5 Å². The molecule has 0 saturated carbocycles. The van der Waals surface area contributed by atoms with Gasteiger partial charge in [0.1, 0.15) is 0 Å². The van der Waals surface area contributed by atoms with Gasteiger partial charge in [-0.2, -0.15) is 0 Å². The Kier molecular flexibility index (Phi) is 4.45. The fourth-order valence-electron chi connectivity index (χ4n) is 4.74. The molecule has 0 aromatic rings. The lowest BCUT2D eigenvalue weighted by Crippen LogP contribution is -2.48. The largest absolute Gasteiger partial charge is 0.449 e. The third-order valence-electron chi connectivity index (χ3n) is 5.63. The monoisotopic (exact) mass is 343 g/mol. The first-order chi connectivity index (χ1) is 12.2. The predicted molar refractivity (Wildman–Crippen MR) is 92.6 cm³/mol. The van der Waals surface area contributed by atoms with Gasteiger partial charge in [0.2, 0.25) is 6.29 Å². The molecule has 0 N–H and O–H groups in total. The molecule has 134 valence electrons. The topological polar surface area (TPSA) is 48.0 Å². The van der Waals surface area contributed by atoms with Crippen molar-refractivity contribution in [1.82, 2.24) is 4.90 Å². The molecule has 3 heterocycles. The van der Waals surface area contributed by atoms with Crippen LogP contribution in [-0.2, 0) is 19.0 Å². The summed E-state index contributed by atoms with van der Waals surface area (Å²) in [6.07, 6.45) is 7.66. The van der Waals surface area contributed by atoms with Crippen molar-refractivity contribution in [2.45, 2.75) is 63.5 Å². The van der Waals surface area contributed by atoms with E-state index in [2.05, 4.69) is 22.8 Å². The summed E-state index contributed by atoms with van der Waals surface area (Å²) in [6.45, 7) is 6.01. The van der Waals surface area contributed by atoms with Gasteiger partial charge >= 0.3 is 5.97 Å². The Morgan fingerprint density at radius 1 is 1.36 bits per heavy atom. The highest BCUT2D eigenvalue weighted by molar-refractivity contribution is 5.90. The van der Waals surface area contributed by atoms with Crippen molar-refractivity contribution in [3.05, 3.63) is 23.3 Å². The molecular formula is C20H25NO4. The molecule has 5 heteroatoms. The Bertz CT molecular complexity index is 680. The van der Waals surface area contributed by atoms with E-state index in [1.807, 2.05) is 13.8 Å². The van der Waals surface area contributed by atoms with E-state index in [1.54, 1.807) is 6.08 Å².